The lowest BCUT2D eigenvalue weighted by molar-refractivity contribution is 0.764. The summed E-state index contributed by atoms with van der Waals surface area (Å²) in [6.45, 7) is 6.61. The molecule has 98 valence electrons. The van der Waals surface area contributed by atoms with E-state index in [1.54, 1.807) is 0 Å². The zero-order chi connectivity index (χ0) is 13.2. The van der Waals surface area contributed by atoms with Gasteiger partial charge in [-0.3, -0.25) is 0 Å². The fourth-order valence-electron chi connectivity index (χ4n) is 3.05. The summed E-state index contributed by atoms with van der Waals surface area (Å²) in [5.74, 6) is 0.686. The highest BCUT2D eigenvalue weighted by molar-refractivity contribution is 5.66. The first-order valence-electron chi connectivity index (χ1n) is 7.12. The van der Waals surface area contributed by atoms with Gasteiger partial charge < -0.3 is 5.32 Å². The largest absolute Gasteiger partial charge is 0.316 e. The number of hydrogen-bond donors (Lipinski definition) is 1. The molecular weight excluding hydrogens is 230 g/mol. The summed E-state index contributed by atoms with van der Waals surface area (Å²) >= 11 is 0. The minimum absolute atomic E-state index is 0.686. The van der Waals surface area contributed by atoms with E-state index in [4.69, 9.17) is 0 Å². The van der Waals surface area contributed by atoms with Crippen molar-refractivity contribution in [2.75, 3.05) is 13.1 Å². The van der Waals surface area contributed by atoms with E-state index in [9.17, 15) is 0 Å². The van der Waals surface area contributed by atoms with Gasteiger partial charge in [0.15, 0.2) is 0 Å². The average molecular weight is 251 g/mol. The van der Waals surface area contributed by atoms with E-state index in [1.165, 1.54) is 34.2 Å². The second-order valence-electron chi connectivity index (χ2n) is 5.69. The van der Waals surface area contributed by atoms with Crippen LogP contribution >= 0.6 is 0 Å². The normalized spacial score (nSPS) is 18.7. The van der Waals surface area contributed by atoms with Crippen molar-refractivity contribution in [3.8, 4) is 11.1 Å². The van der Waals surface area contributed by atoms with E-state index < -0.39 is 0 Å². The van der Waals surface area contributed by atoms with E-state index in [2.05, 4.69) is 61.6 Å². The highest BCUT2D eigenvalue weighted by Crippen LogP contribution is 2.28. The highest BCUT2D eigenvalue weighted by atomic mass is 14.9. The molecule has 1 heteroatoms. The molecule has 3 rings (SSSR count). The zero-order valence-corrected chi connectivity index (χ0v) is 11.7. The summed E-state index contributed by atoms with van der Waals surface area (Å²) in [6.07, 6.45) is 1.26. The summed E-state index contributed by atoms with van der Waals surface area (Å²) in [7, 11) is 0. The summed E-state index contributed by atoms with van der Waals surface area (Å²) in [5.41, 5.74) is 6.83. The molecule has 1 N–H and O–H groups in total. The Morgan fingerprint density at radius 3 is 2.42 bits per heavy atom. The summed E-state index contributed by atoms with van der Waals surface area (Å²) in [5, 5.41) is 3.45. The Kier molecular flexibility index (Phi) is 3.39. The lowest BCUT2D eigenvalue weighted by Crippen LogP contribution is -2.07. The summed E-state index contributed by atoms with van der Waals surface area (Å²) < 4.78 is 0. The number of rotatable bonds is 2. The van der Waals surface area contributed by atoms with Gasteiger partial charge in [0.05, 0.1) is 0 Å². The van der Waals surface area contributed by atoms with Gasteiger partial charge in [-0.1, -0.05) is 53.6 Å². The van der Waals surface area contributed by atoms with Crippen LogP contribution in [0.5, 0.6) is 0 Å². The molecule has 0 spiro atoms. The highest BCUT2D eigenvalue weighted by Gasteiger charge is 2.16. The molecule has 1 aliphatic heterocycles. The van der Waals surface area contributed by atoms with Crippen LogP contribution < -0.4 is 5.32 Å². The number of aryl methyl sites for hydroxylation is 2. The van der Waals surface area contributed by atoms with Crippen molar-refractivity contribution in [1.29, 1.82) is 0 Å². The minimum Gasteiger partial charge on any atom is -0.316 e. The molecular formula is C18H21N. The van der Waals surface area contributed by atoms with Gasteiger partial charge in [-0.25, -0.2) is 0 Å². The van der Waals surface area contributed by atoms with Crippen LogP contribution in [0.3, 0.4) is 0 Å². The first-order chi connectivity index (χ1) is 9.22. The third-order valence-corrected chi connectivity index (χ3v) is 3.97. The first kappa shape index (κ1) is 12.4. The fraction of sp³-hybridized carbons (Fsp3) is 0.333. The number of benzene rings is 2. The molecule has 1 nitrogen and oxygen atoms in total. The second-order valence-corrected chi connectivity index (χ2v) is 5.69. The van der Waals surface area contributed by atoms with Crippen LogP contribution in [0.1, 0.15) is 29.0 Å². The molecule has 1 heterocycles. The van der Waals surface area contributed by atoms with Crippen molar-refractivity contribution < 1.29 is 0 Å². The van der Waals surface area contributed by atoms with Crippen LogP contribution in [-0.4, -0.2) is 13.1 Å². The van der Waals surface area contributed by atoms with E-state index in [0.717, 1.165) is 13.1 Å². The Hall–Kier alpha value is -1.60. The van der Waals surface area contributed by atoms with Crippen molar-refractivity contribution in [2.45, 2.75) is 26.2 Å². The Morgan fingerprint density at radius 1 is 0.947 bits per heavy atom. The molecule has 1 aliphatic rings. The molecule has 0 aromatic heterocycles. The van der Waals surface area contributed by atoms with Crippen molar-refractivity contribution in [1.82, 2.24) is 5.32 Å². The van der Waals surface area contributed by atoms with Gasteiger partial charge in [0.25, 0.3) is 0 Å². The maximum atomic E-state index is 3.45. The second kappa shape index (κ2) is 5.18. The third kappa shape index (κ3) is 2.71. The van der Waals surface area contributed by atoms with Crippen LogP contribution in [0.2, 0.25) is 0 Å². The molecule has 0 amide bonds. The standard InChI is InChI=1S/C18H21N/c1-13-8-14(2)10-18(9-13)16-5-3-4-15(11-16)17-6-7-19-12-17/h3-5,8-11,17,19H,6-7,12H2,1-2H3. The monoisotopic (exact) mass is 251 g/mol. The van der Waals surface area contributed by atoms with Gasteiger partial charge in [0.2, 0.25) is 0 Å². The molecule has 1 unspecified atom stereocenters. The van der Waals surface area contributed by atoms with Crippen LogP contribution in [0.4, 0.5) is 0 Å². The molecule has 0 saturated carbocycles. The average Bonchev–Trinajstić information content (AvgIpc) is 2.92. The smallest absolute Gasteiger partial charge is 0.00206 e. The molecule has 1 saturated heterocycles. The first-order valence-corrected chi connectivity index (χ1v) is 7.12. The maximum absolute atomic E-state index is 3.45. The number of nitrogens with one attached hydrogen (secondary N) is 1. The van der Waals surface area contributed by atoms with Crippen LogP contribution in [-0.2, 0) is 0 Å². The van der Waals surface area contributed by atoms with Gasteiger partial charge >= 0.3 is 0 Å². The summed E-state index contributed by atoms with van der Waals surface area (Å²) in [4.78, 5) is 0. The van der Waals surface area contributed by atoms with Crippen LogP contribution in [0.25, 0.3) is 11.1 Å². The summed E-state index contributed by atoms with van der Waals surface area (Å²) in [6, 6.07) is 15.8. The van der Waals surface area contributed by atoms with Crippen molar-refractivity contribution in [3.05, 3.63) is 59.2 Å². The lowest BCUT2D eigenvalue weighted by atomic mass is 9.93. The predicted octanol–water partition coefficient (Wildman–Crippen LogP) is 4.05. The van der Waals surface area contributed by atoms with E-state index >= 15 is 0 Å². The van der Waals surface area contributed by atoms with Crippen molar-refractivity contribution in [2.24, 2.45) is 0 Å². The Balaban J connectivity index is 1.98. The predicted molar refractivity (Wildman–Crippen MR) is 81.6 cm³/mol. The Bertz CT molecular complexity index is 560. The van der Waals surface area contributed by atoms with Gasteiger partial charge in [0, 0.05) is 6.54 Å². The molecule has 1 fully saturated rings. The van der Waals surface area contributed by atoms with E-state index in [-0.39, 0.29) is 0 Å². The van der Waals surface area contributed by atoms with E-state index in [1.807, 2.05) is 0 Å². The molecule has 0 aliphatic carbocycles. The van der Waals surface area contributed by atoms with Gasteiger partial charge in [-0.2, -0.15) is 0 Å². The third-order valence-electron chi connectivity index (χ3n) is 3.97. The molecule has 0 radical (unpaired) electrons. The lowest BCUT2D eigenvalue weighted by Gasteiger charge is -2.12. The van der Waals surface area contributed by atoms with Gasteiger partial charge in [-0.15, -0.1) is 0 Å². The van der Waals surface area contributed by atoms with Crippen molar-refractivity contribution >= 4 is 0 Å². The quantitative estimate of drug-likeness (QED) is 0.849. The molecule has 1 atom stereocenters. The van der Waals surface area contributed by atoms with Gasteiger partial charge in [-0.05, 0) is 49.4 Å². The molecule has 2 aromatic rings. The fourth-order valence-corrected chi connectivity index (χ4v) is 3.05. The zero-order valence-electron chi connectivity index (χ0n) is 11.7. The maximum Gasteiger partial charge on any atom is 0.00206 e. The molecule has 0 bridgehead atoms. The van der Waals surface area contributed by atoms with Gasteiger partial charge in [0.1, 0.15) is 0 Å². The van der Waals surface area contributed by atoms with Crippen LogP contribution in [0.15, 0.2) is 42.5 Å². The van der Waals surface area contributed by atoms with Crippen molar-refractivity contribution in [3.63, 3.8) is 0 Å². The Morgan fingerprint density at radius 2 is 1.74 bits per heavy atom. The Labute approximate surface area is 115 Å². The number of hydrogen-bond acceptors (Lipinski definition) is 1. The SMILES string of the molecule is Cc1cc(C)cc(-c2cccc(C3CCNC3)c2)c1. The molecule has 2 aromatic carbocycles. The topological polar surface area (TPSA) is 12.0 Å². The van der Waals surface area contributed by atoms with E-state index in [0.29, 0.717) is 5.92 Å². The van der Waals surface area contributed by atoms with Crippen LogP contribution in [0, 0.1) is 13.8 Å². The minimum atomic E-state index is 0.686. The molecule has 19 heavy (non-hydrogen) atoms.